The quantitative estimate of drug-likeness (QED) is 0.890. The average Bonchev–Trinajstić information content (AvgIpc) is 2.60. The molecule has 1 amide bonds. The summed E-state index contributed by atoms with van der Waals surface area (Å²) in [5.74, 6) is -0.217. The van der Waals surface area contributed by atoms with Crippen LogP contribution < -0.4 is 9.46 Å². The lowest BCUT2D eigenvalue weighted by atomic mass is 10.1. The highest BCUT2D eigenvalue weighted by atomic mass is 35.5. The molecule has 0 spiro atoms. The summed E-state index contributed by atoms with van der Waals surface area (Å²) in [6.45, 7) is -0.0522. The Bertz CT molecular complexity index is 1020. The van der Waals surface area contributed by atoms with E-state index in [4.69, 9.17) is 21.6 Å². The molecule has 8 heteroatoms. The molecule has 0 saturated heterocycles. The standard InChI is InChI=1S/C17H11ClN2O4S/c18-14-3-6-16-12(8-14)7-13(10-24-16)17(21)20-25(22,23)15-4-1-11(9-19)2-5-15/h1-8H,10H2,(H,20,21). The molecule has 0 atom stereocenters. The molecule has 0 radical (unpaired) electrons. The summed E-state index contributed by atoms with van der Waals surface area (Å²) in [4.78, 5) is 12.2. The number of halogens is 1. The van der Waals surface area contributed by atoms with Crippen molar-refractivity contribution in [3.63, 3.8) is 0 Å². The Kier molecular flexibility index (Phi) is 4.49. The van der Waals surface area contributed by atoms with Crippen molar-refractivity contribution in [2.24, 2.45) is 0 Å². The lowest BCUT2D eigenvalue weighted by molar-refractivity contribution is -0.116. The molecule has 0 saturated carbocycles. The maximum absolute atomic E-state index is 12.3. The van der Waals surface area contributed by atoms with E-state index in [1.165, 1.54) is 30.3 Å². The van der Waals surface area contributed by atoms with Crippen molar-refractivity contribution in [1.82, 2.24) is 4.72 Å². The van der Waals surface area contributed by atoms with Crippen LogP contribution >= 0.6 is 11.6 Å². The van der Waals surface area contributed by atoms with Crippen molar-refractivity contribution < 1.29 is 17.9 Å². The Morgan fingerprint density at radius 1 is 1.20 bits per heavy atom. The summed E-state index contributed by atoms with van der Waals surface area (Å²) in [7, 11) is -4.05. The number of fused-ring (bicyclic) bond motifs is 1. The molecule has 1 N–H and O–H groups in total. The molecule has 0 fully saturated rings. The van der Waals surface area contributed by atoms with Crippen LogP contribution in [0.1, 0.15) is 11.1 Å². The van der Waals surface area contributed by atoms with Gasteiger partial charge in [-0.2, -0.15) is 5.26 Å². The molecule has 126 valence electrons. The van der Waals surface area contributed by atoms with Gasteiger partial charge in [-0.1, -0.05) is 11.6 Å². The average molecular weight is 375 g/mol. The summed E-state index contributed by atoms with van der Waals surface area (Å²) < 4.78 is 32.0. The molecular weight excluding hydrogens is 364 g/mol. The van der Waals surface area contributed by atoms with Crippen LogP contribution in [0.2, 0.25) is 5.02 Å². The minimum atomic E-state index is -4.05. The van der Waals surface area contributed by atoms with Gasteiger partial charge in [-0.05, 0) is 48.5 Å². The van der Waals surface area contributed by atoms with Gasteiger partial charge in [-0.25, -0.2) is 13.1 Å². The number of carbonyl (C=O) groups is 1. The number of nitrogens with zero attached hydrogens (tertiary/aromatic N) is 1. The topological polar surface area (TPSA) is 96.3 Å². The summed E-state index contributed by atoms with van der Waals surface area (Å²) in [6, 6.07) is 12.1. The third-order valence-corrected chi connectivity index (χ3v) is 5.08. The van der Waals surface area contributed by atoms with Crippen molar-refractivity contribution in [3.8, 4) is 11.8 Å². The highest BCUT2D eigenvalue weighted by Gasteiger charge is 2.23. The molecule has 0 aliphatic carbocycles. The molecule has 0 aromatic heterocycles. The first kappa shape index (κ1) is 17.0. The van der Waals surface area contributed by atoms with Gasteiger partial charge in [-0.3, -0.25) is 4.79 Å². The summed E-state index contributed by atoms with van der Waals surface area (Å²) in [5.41, 5.74) is 1.08. The Hall–Kier alpha value is -2.82. The molecule has 6 nitrogen and oxygen atoms in total. The second-order valence-corrected chi connectivity index (χ2v) is 7.33. The Balaban J connectivity index is 1.83. The number of rotatable bonds is 3. The molecule has 2 aromatic carbocycles. The molecular formula is C17H11ClN2O4S. The van der Waals surface area contributed by atoms with Gasteiger partial charge in [0.1, 0.15) is 12.4 Å². The number of hydrogen-bond acceptors (Lipinski definition) is 5. The van der Waals surface area contributed by atoms with Crippen molar-refractivity contribution in [2.45, 2.75) is 4.90 Å². The van der Waals surface area contributed by atoms with E-state index in [0.29, 0.717) is 21.9 Å². The fraction of sp³-hybridized carbons (Fsp3) is 0.0588. The van der Waals surface area contributed by atoms with Gasteiger partial charge in [0.05, 0.1) is 22.1 Å². The van der Waals surface area contributed by atoms with E-state index in [1.54, 1.807) is 18.2 Å². The second kappa shape index (κ2) is 6.59. The van der Waals surface area contributed by atoms with E-state index < -0.39 is 15.9 Å². The maximum atomic E-state index is 12.3. The minimum Gasteiger partial charge on any atom is -0.488 e. The number of ether oxygens (including phenoxy) is 1. The monoisotopic (exact) mass is 374 g/mol. The first-order valence-corrected chi connectivity index (χ1v) is 8.95. The zero-order chi connectivity index (χ0) is 18.0. The summed E-state index contributed by atoms with van der Waals surface area (Å²) >= 11 is 5.91. The molecule has 1 heterocycles. The number of nitriles is 1. The third kappa shape index (κ3) is 3.65. The van der Waals surface area contributed by atoms with Crippen molar-refractivity contribution in [1.29, 1.82) is 5.26 Å². The van der Waals surface area contributed by atoms with Crippen LogP contribution in [0, 0.1) is 11.3 Å². The lowest BCUT2D eigenvalue weighted by Gasteiger charge is -2.17. The number of sulfonamides is 1. The highest BCUT2D eigenvalue weighted by molar-refractivity contribution is 7.90. The molecule has 0 bridgehead atoms. The number of nitrogens with one attached hydrogen (secondary N) is 1. The zero-order valence-corrected chi connectivity index (χ0v) is 14.3. The molecule has 2 aromatic rings. The van der Waals surface area contributed by atoms with Gasteiger partial charge >= 0.3 is 0 Å². The lowest BCUT2D eigenvalue weighted by Crippen LogP contribution is -2.33. The first-order chi connectivity index (χ1) is 11.9. The van der Waals surface area contributed by atoms with Crippen LogP contribution in [0.15, 0.2) is 52.9 Å². The largest absolute Gasteiger partial charge is 0.488 e. The van der Waals surface area contributed by atoms with E-state index in [2.05, 4.69) is 0 Å². The maximum Gasteiger partial charge on any atom is 0.264 e. The van der Waals surface area contributed by atoms with Crippen LogP contribution in [0.4, 0.5) is 0 Å². The minimum absolute atomic E-state index is 0.0522. The molecule has 1 aliphatic heterocycles. The molecule has 0 unspecified atom stereocenters. The number of benzene rings is 2. The van der Waals surface area contributed by atoms with Crippen molar-refractivity contribution in [2.75, 3.05) is 6.61 Å². The van der Waals surface area contributed by atoms with E-state index >= 15 is 0 Å². The zero-order valence-electron chi connectivity index (χ0n) is 12.7. The van der Waals surface area contributed by atoms with Gasteiger partial charge < -0.3 is 4.74 Å². The van der Waals surface area contributed by atoms with Crippen LogP contribution in [0.3, 0.4) is 0 Å². The van der Waals surface area contributed by atoms with Crippen molar-refractivity contribution >= 4 is 33.6 Å². The van der Waals surface area contributed by atoms with Crippen LogP contribution in [-0.2, 0) is 14.8 Å². The highest BCUT2D eigenvalue weighted by Crippen LogP contribution is 2.29. The predicted octanol–water partition coefficient (Wildman–Crippen LogP) is 2.49. The third-order valence-electron chi connectivity index (χ3n) is 3.50. The number of carbonyl (C=O) groups excluding carboxylic acids is 1. The predicted molar refractivity (Wildman–Crippen MR) is 91.4 cm³/mol. The van der Waals surface area contributed by atoms with E-state index in [9.17, 15) is 13.2 Å². The first-order valence-electron chi connectivity index (χ1n) is 7.09. The van der Waals surface area contributed by atoms with E-state index in [-0.39, 0.29) is 17.1 Å². The fourth-order valence-electron chi connectivity index (χ4n) is 2.23. The van der Waals surface area contributed by atoms with Gasteiger partial charge in [0.25, 0.3) is 15.9 Å². The van der Waals surface area contributed by atoms with Crippen LogP contribution in [0.25, 0.3) is 6.08 Å². The van der Waals surface area contributed by atoms with Crippen LogP contribution in [0.5, 0.6) is 5.75 Å². The molecule has 1 aliphatic rings. The van der Waals surface area contributed by atoms with E-state index in [1.807, 2.05) is 10.8 Å². The Labute approximate surface area is 149 Å². The van der Waals surface area contributed by atoms with Crippen LogP contribution in [-0.4, -0.2) is 20.9 Å². The number of amides is 1. The normalized spacial score (nSPS) is 13.0. The SMILES string of the molecule is N#Cc1ccc(S(=O)(=O)NC(=O)C2=Cc3cc(Cl)ccc3OC2)cc1. The smallest absolute Gasteiger partial charge is 0.264 e. The molecule has 3 rings (SSSR count). The second-order valence-electron chi connectivity index (χ2n) is 5.21. The number of hydrogen-bond donors (Lipinski definition) is 1. The Morgan fingerprint density at radius 2 is 1.92 bits per heavy atom. The van der Waals surface area contributed by atoms with Gasteiger partial charge in [0.15, 0.2) is 0 Å². The van der Waals surface area contributed by atoms with Gasteiger partial charge in [0.2, 0.25) is 0 Å². The van der Waals surface area contributed by atoms with Gasteiger partial charge in [-0.15, -0.1) is 0 Å². The van der Waals surface area contributed by atoms with E-state index in [0.717, 1.165) is 0 Å². The van der Waals surface area contributed by atoms with Gasteiger partial charge in [0, 0.05) is 10.6 Å². The molecule has 25 heavy (non-hydrogen) atoms. The summed E-state index contributed by atoms with van der Waals surface area (Å²) in [6.07, 6.45) is 1.54. The fourth-order valence-corrected chi connectivity index (χ4v) is 3.40. The Morgan fingerprint density at radius 3 is 2.60 bits per heavy atom. The summed E-state index contributed by atoms with van der Waals surface area (Å²) in [5, 5.41) is 9.22. The van der Waals surface area contributed by atoms with Crippen molar-refractivity contribution in [3.05, 3.63) is 64.2 Å².